The highest BCUT2D eigenvalue weighted by molar-refractivity contribution is 7.71. The lowest BCUT2D eigenvalue weighted by molar-refractivity contribution is -0.745. The Morgan fingerprint density at radius 1 is 0.873 bits per heavy atom. The molecule has 7 rings (SSSR count). The Morgan fingerprint density at radius 3 is 2.25 bits per heavy atom. The van der Waals surface area contributed by atoms with Gasteiger partial charge in [0, 0.05) is 6.54 Å². The Hall–Kier alpha value is -4.24. The average molecular weight is 978 g/mol. The van der Waals surface area contributed by atoms with Crippen LogP contribution >= 0.6 is 31.0 Å². The Morgan fingerprint density at radius 2 is 1.52 bits per heavy atom. The molecule has 0 bridgehead atoms. The number of fused-ring (bicyclic) bond motifs is 2. The van der Waals surface area contributed by atoms with Gasteiger partial charge in [0.1, 0.15) is 36.6 Å². The third-order valence-electron chi connectivity index (χ3n) is 9.17. The molecule has 15 N–H and O–H groups in total. The van der Waals surface area contributed by atoms with Crippen molar-refractivity contribution < 1.29 is 90.0 Å². The van der Waals surface area contributed by atoms with Crippen LogP contribution in [0.15, 0.2) is 28.4 Å². The summed E-state index contributed by atoms with van der Waals surface area (Å²) in [6, 6.07) is 0. The molecule has 38 heteroatoms. The van der Waals surface area contributed by atoms with Gasteiger partial charge in [-0.2, -0.15) is 9.29 Å². The van der Waals surface area contributed by atoms with Crippen LogP contribution in [0.4, 0.5) is 11.9 Å². The van der Waals surface area contributed by atoms with Gasteiger partial charge in [-0.1, -0.05) is 10.2 Å². The number of nitrogen functional groups attached to an aromatic ring is 2. The molecule has 34 nitrogen and oxygen atoms in total. The van der Waals surface area contributed by atoms with Gasteiger partial charge in [-0.05, 0) is 0 Å². The molecule has 2 fully saturated rings. The van der Waals surface area contributed by atoms with Gasteiger partial charge in [-0.25, -0.2) is 32.6 Å². The lowest BCUT2D eigenvalue weighted by atomic mass is 10.1. The van der Waals surface area contributed by atoms with Crippen LogP contribution in [-0.4, -0.2) is 145 Å². The molecular formula is C25H37N14O20P4+. The molecule has 7 heterocycles. The maximum absolute atomic E-state index is 12.8. The summed E-state index contributed by atoms with van der Waals surface area (Å²) in [5.41, 5.74) is 8.58. The van der Waals surface area contributed by atoms with Crippen molar-refractivity contribution in [2.75, 3.05) is 31.2 Å². The molecule has 5 aromatic heterocycles. The summed E-state index contributed by atoms with van der Waals surface area (Å²) in [6.07, 6.45) is -9.62. The minimum Gasteiger partial charge on any atom is -0.387 e. The van der Waals surface area contributed by atoms with Crippen molar-refractivity contribution in [3.8, 4) is 0 Å². The standard InChI is InChI=1S/C25H36N14O20P4/c1-36-8-39(19-13(36)21(45)33-25(27)31-19)23-17(43)15(41)10(57-23)6-55-62(50,51)59-63(52,53)58-60(46,47)11-4-37(35-34-11)3-2-29-61(48,49)54-5-9-14(40)16(42)22(56-9)38-7-28-12-18(38)30-24(26)32-20(12)44/h4,7-10,14-17,22-23,40-43H,2-3,5-6H2,1H3,(H10-,26,27,29,30,31,32,33,44,45,46,47,48,49,50,51,52,53)/p+1/t9-,10-,14?,15+,16+,17?,22-,23-/m1/s1. The Balaban J connectivity index is 0.882. The van der Waals surface area contributed by atoms with Crippen LogP contribution in [0, 0.1) is 0 Å². The third kappa shape index (κ3) is 9.89. The number of phosphoric ester groups is 1. The van der Waals surface area contributed by atoms with Crippen LogP contribution in [-0.2, 0) is 59.0 Å². The van der Waals surface area contributed by atoms with E-state index >= 15 is 0 Å². The lowest BCUT2D eigenvalue weighted by Gasteiger charge is -2.19. The van der Waals surface area contributed by atoms with E-state index in [9.17, 15) is 67.8 Å². The molecule has 0 radical (unpaired) electrons. The first kappa shape index (κ1) is 46.7. The van der Waals surface area contributed by atoms with Gasteiger partial charge in [0.05, 0.1) is 39.3 Å². The molecule has 0 aromatic carbocycles. The zero-order chi connectivity index (χ0) is 46.0. The van der Waals surface area contributed by atoms with Crippen molar-refractivity contribution in [2.24, 2.45) is 7.05 Å². The maximum atomic E-state index is 12.8. The quantitative estimate of drug-likeness (QED) is 0.0305. The minimum atomic E-state index is -5.99. The number of aliphatic hydroxyl groups is 4. The SMILES string of the molecule is Cn1c[n+]([C@@H]2O[C@H](COP(=O)(O)OP(=O)(O)OP(=O)(O)c3cn(CCNP(=O)(O)OC[C@H]4O[C@@H](n5cnc6c(=O)[nH]c(N)nc65)[C@@H](O)C4O)nn3)[C@H](O)C2O)c2nc(N)[nH]c(=O)c21. The fraction of sp³-hybridized carbons (Fsp3) is 0.520. The van der Waals surface area contributed by atoms with Gasteiger partial charge < -0.3 is 60.9 Å². The van der Waals surface area contributed by atoms with E-state index in [2.05, 4.69) is 53.5 Å². The summed E-state index contributed by atoms with van der Waals surface area (Å²) in [6.45, 7) is -2.68. The van der Waals surface area contributed by atoms with Gasteiger partial charge in [0.2, 0.25) is 17.7 Å². The van der Waals surface area contributed by atoms with E-state index in [0.29, 0.717) is 6.20 Å². The first-order valence-electron chi connectivity index (χ1n) is 17.6. The lowest BCUT2D eigenvalue weighted by Crippen LogP contribution is -2.46. The molecule has 0 saturated carbocycles. The molecule has 5 aromatic rings. The van der Waals surface area contributed by atoms with Gasteiger partial charge in [0.25, 0.3) is 17.1 Å². The number of nitrogens with two attached hydrogens (primary N) is 2. The van der Waals surface area contributed by atoms with Crippen LogP contribution in [0.3, 0.4) is 0 Å². The molecule has 6 unspecified atom stereocenters. The van der Waals surface area contributed by atoms with Crippen LogP contribution < -0.4 is 37.7 Å². The van der Waals surface area contributed by atoms with E-state index in [1.807, 2.05) is 0 Å². The highest BCUT2D eigenvalue weighted by atomic mass is 31.3. The molecule has 0 aliphatic carbocycles. The number of imidazole rings is 2. The number of aromatic amines is 2. The monoisotopic (exact) mass is 977 g/mol. The number of phosphoric acid groups is 2. The van der Waals surface area contributed by atoms with Crippen molar-refractivity contribution in [1.29, 1.82) is 0 Å². The van der Waals surface area contributed by atoms with Crippen molar-refractivity contribution in [2.45, 2.75) is 55.6 Å². The zero-order valence-corrected chi connectivity index (χ0v) is 35.2. The number of rotatable bonds is 17. The van der Waals surface area contributed by atoms with Crippen LogP contribution in [0.1, 0.15) is 12.5 Å². The number of aryl methyl sites for hydroxylation is 1. The zero-order valence-electron chi connectivity index (χ0n) is 31.6. The molecule has 12 atom stereocenters. The summed E-state index contributed by atoms with van der Waals surface area (Å²) >= 11 is 0. The number of aromatic nitrogens is 11. The number of aliphatic hydroxyl groups excluding tert-OH is 4. The normalized spacial score (nSPS) is 28.0. The Bertz CT molecular complexity index is 2850. The predicted molar refractivity (Wildman–Crippen MR) is 201 cm³/mol. The molecule has 2 aliphatic rings. The summed E-state index contributed by atoms with van der Waals surface area (Å²) < 4.78 is 84.2. The fourth-order valence-electron chi connectivity index (χ4n) is 6.35. The minimum absolute atomic E-state index is 0.00276. The van der Waals surface area contributed by atoms with E-state index < -0.39 is 116 Å². The van der Waals surface area contributed by atoms with Crippen molar-refractivity contribution in [1.82, 2.24) is 54.1 Å². The van der Waals surface area contributed by atoms with Crippen molar-refractivity contribution in [3.05, 3.63) is 39.6 Å². The molecule has 346 valence electrons. The molecule has 2 saturated heterocycles. The Labute approximate surface area is 347 Å². The summed E-state index contributed by atoms with van der Waals surface area (Å²) in [7, 11) is -20.4. The van der Waals surface area contributed by atoms with Gasteiger partial charge in [-0.3, -0.25) is 47.0 Å². The number of ether oxygens (including phenoxy) is 2. The van der Waals surface area contributed by atoms with Gasteiger partial charge in [-0.15, -0.1) is 5.10 Å². The highest BCUT2D eigenvalue weighted by Crippen LogP contribution is 2.67. The second-order valence-corrected chi connectivity index (χ2v) is 20.2. The number of nitrogens with one attached hydrogen (secondary N) is 3. The van der Waals surface area contributed by atoms with Gasteiger partial charge in [0.15, 0.2) is 29.2 Å². The first-order valence-corrected chi connectivity index (χ1v) is 23.7. The second-order valence-electron chi connectivity index (χ2n) is 13.6. The maximum Gasteiger partial charge on any atom is 0.488 e. The molecular weight excluding hydrogens is 940 g/mol. The third-order valence-corrected chi connectivity index (χ3v) is 14.9. The molecule has 0 spiro atoms. The fourth-order valence-corrected chi connectivity index (χ4v) is 11.0. The van der Waals surface area contributed by atoms with Crippen molar-refractivity contribution >= 4 is 70.6 Å². The molecule has 63 heavy (non-hydrogen) atoms. The number of H-pyrrole nitrogens is 2. The summed E-state index contributed by atoms with van der Waals surface area (Å²) in [5, 5.41) is 51.3. The van der Waals surface area contributed by atoms with E-state index in [4.69, 9.17) is 25.5 Å². The van der Waals surface area contributed by atoms with Crippen LogP contribution in [0.25, 0.3) is 22.3 Å². The van der Waals surface area contributed by atoms with Crippen LogP contribution in [0.5, 0.6) is 0 Å². The largest absolute Gasteiger partial charge is 0.488 e. The number of nitrogens with zero attached hydrogens (tertiary/aromatic N) is 9. The average Bonchev–Trinajstić information content (AvgIpc) is 3.99. The summed E-state index contributed by atoms with van der Waals surface area (Å²) in [4.78, 5) is 81.7. The summed E-state index contributed by atoms with van der Waals surface area (Å²) in [5.74, 6) is -0.553. The van der Waals surface area contributed by atoms with Crippen molar-refractivity contribution in [3.63, 3.8) is 0 Å². The number of anilines is 2. The Kier molecular flexibility index (Phi) is 12.8. The van der Waals surface area contributed by atoms with E-state index in [0.717, 1.165) is 20.1 Å². The first-order chi connectivity index (χ1) is 29.3. The highest BCUT2D eigenvalue weighted by Gasteiger charge is 2.50. The topological polar surface area (TPSA) is 498 Å². The predicted octanol–water partition coefficient (Wildman–Crippen LogP) is -5.86. The van der Waals surface area contributed by atoms with Gasteiger partial charge >= 0.3 is 36.6 Å². The molecule has 2 aliphatic heterocycles. The van der Waals surface area contributed by atoms with E-state index in [1.165, 1.54) is 17.9 Å². The second kappa shape index (κ2) is 17.3. The van der Waals surface area contributed by atoms with E-state index in [-0.39, 0.29) is 40.8 Å². The van der Waals surface area contributed by atoms with Crippen LogP contribution in [0.2, 0.25) is 0 Å². The number of hydrogen-bond donors (Lipinski definition) is 13. The smallest absolute Gasteiger partial charge is 0.387 e. The molecule has 0 amide bonds. The van der Waals surface area contributed by atoms with E-state index in [1.54, 1.807) is 0 Å². The number of hydrogen-bond acceptors (Lipinski definition) is 23.